The second-order valence-corrected chi connectivity index (χ2v) is 13.4. The Morgan fingerprint density at radius 3 is 2.29 bits per heavy atom. The van der Waals surface area contributed by atoms with Crippen LogP contribution in [0.3, 0.4) is 0 Å². The number of aliphatic hydroxyl groups is 1. The van der Waals surface area contributed by atoms with E-state index in [1.807, 2.05) is 0 Å². The summed E-state index contributed by atoms with van der Waals surface area (Å²) in [6.07, 6.45) is 22.9. The van der Waals surface area contributed by atoms with Crippen LogP contribution in [0.5, 0.6) is 0 Å². The lowest BCUT2D eigenvalue weighted by atomic mass is 9.47. The van der Waals surface area contributed by atoms with Crippen LogP contribution in [-0.2, 0) is 9.53 Å². The van der Waals surface area contributed by atoms with Gasteiger partial charge in [0, 0.05) is 5.41 Å². The highest BCUT2D eigenvalue weighted by Crippen LogP contribution is 2.97. The van der Waals surface area contributed by atoms with Crippen molar-refractivity contribution < 1.29 is 14.6 Å². The fourth-order valence-corrected chi connectivity index (χ4v) is 10.9. The number of carbonyl (C=O) groups excluding carboxylic acids is 1. The van der Waals surface area contributed by atoms with Gasteiger partial charge >= 0.3 is 5.97 Å². The van der Waals surface area contributed by atoms with Gasteiger partial charge in [0.2, 0.25) is 0 Å². The van der Waals surface area contributed by atoms with Crippen molar-refractivity contribution in [2.45, 2.75) is 129 Å². The summed E-state index contributed by atoms with van der Waals surface area (Å²) in [4.78, 5) is 13.0. The van der Waals surface area contributed by atoms with Crippen LogP contribution in [0.25, 0.3) is 0 Å². The van der Waals surface area contributed by atoms with Crippen molar-refractivity contribution in [1.29, 1.82) is 0 Å². The van der Waals surface area contributed by atoms with E-state index in [0.717, 1.165) is 25.4 Å². The molecule has 1 saturated heterocycles. The van der Waals surface area contributed by atoms with Gasteiger partial charge in [-0.25, -0.2) is 0 Å². The summed E-state index contributed by atoms with van der Waals surface area (Å²) in [5, 5.41) is 10.2. The Morgan fingerprint density at radius 1 is 0.903 bits per heavy atom. The molecule has 9 aliphatic rings. The van der Waals surface area contributed by atoms with Gasteiger partial charge in [0.1, 0.15) is 0 Å². The first-order chi connectivity index (χ1) is 14.9. The monoisotopic (exact) mass is 428 g/mol. The van der Waals surface area contributed by atoms with Gasteiger partial charge in [-0.05, 0) is 86.4 Å². The lowest BCUT2D eigenvalue weighted by Gasteiger charge is -2.57. The van der Waals surface area contributed by atoms with Crippen molar-refractivity contribution in [3.63, 3.8) is 0 Å². The molecule has 3 heteroatoms. The predicted octanol–water partition coefficient (Wildman–Crippen LogP) is 6.56. The second-order valence-electron chi connectivity index (χ2n) is 13.4. The maximum Gasteiger partial charge on any atom is 0.312 e. The van der Waals surface area contributed by atoms with E-state index in [1.54, 1.807) is 0 Å². The quantitative estimate of drug-likeness (QED) is 0.283. The molecule has 8 aliphatic carbocycles. The first-order valence-electron chi connectivity index (χ1n) is 13.8. The average Bonchev–Trinajstić information content (AvgIpc) is 3.45. The molecule has 1 aliphatic heterocycles. The number of hydrogen-bond acceptors (Lipinski definition) is 3. The minimum absolute atomic E-state index is 0.0601. The van der Waals surface area contributed by atoms with Crippen LogP contribution in [0.1, 0.15) is 122 Å². The highest BCUT2D eigenvalue weighted by molar-refractivity contribution is 5.83. The highest BCUT2D eigenvalue weighted by Gasteiger charge is 2.92. The third kappa shape index (κ3) is 2.65. The summed E-state index contributed by atoms with van der Waals surface area (Å²) in [5.74, 6) is 1.08. The van der Waals surface area contributed by atoms with Crippen molar-refractivity contribution in [3.05, 3.63) is 0 Å². The first-order valence-corrected chi connectivity index (χ1v) is 13.8. The summed E-state index contributed by atoms with van der Waals surface area (Å²) < 4.78 is 5.72. The zero-order valence-electron chi connectivity index (χ0n) is 19.9. The molecule has 0 aromatic carbocycles. The number of fused-ring (bicyclic) bond motifs is 1. The number of hydrogen-bond donors (Lipinski definition) is 1. The summed E-state index contributed by atoms with van der Waals surface area (Å²) in [6.45, 7) is 2.97. The molecule has 9 rings (SSSR count). The van der Waals surface area contributed by atoms with E-state index in [9.17, 15) is 9.90 Å². The standard InChI is InChI=1S/C28H44O3/c1-2-3-4-8-11-22(29)12-9-6-5-7-10-21-13-24-14-26(21,15-24)28(18-24)19-25-16-27(28,17-25)23(30)31-20-25/h21-22,29H,2-20H2,1H3. The van der Waals surface area contributed by atoms with Crippen LogP contribution < -0.4 is 0 Å². The zero-order chi connectivity index (χ0) is 21.4. The molecule has 174 valence electrons. The highest BCUT2D eigenvalue weighted by atomic mass is 16.5. The molecule has 1 N–H and O–H groups in total. The van der Waals surface area contributed by atoms with Gasteiger partial charge in [0.25, 0.3) is 0 Å². The molecule has 1 spiro atoms. The molecule has 0 radical (unpaired) electrons. The molecule has 9 fully saturated rings. The molecule has 3 nitrogen and oxygen atoms in total. The Bertz CT molecular complexity index is 729. The molecule has 3 unspecified atom stereocenters. The second kappa shape index (κ2) is 6.97. The third-order valence-corrected chi connectivity index (χ3v) is 11.5. The van der Waals surface area contributed by atoms with Crippen molar-refractivity contribution in [2.75, 3.05) is 6.61 Å². The number of carbonyl (C=O) groups is 1. The Labute approximate surface area is 189 Å². The van der Waals surface area contributed by atoms with Crippen LogP contribution in [0.2, 0.25) is 0 Å². The van der Waals surface area contributed by atoms with Gasteiger partial charge in [0.05, 0.1) is 18.1 Å². The van der Waals surface area contributed by atoms with Gasteiger partial charge in [-0.1, -0.05) is 58.3 Å². The predicted molar refractivity (Wildman–Crippen MR) is 121 cm³/mol. The fourth-order valence-electron chi connectivity index (χ4n) is 10.9. The SMILES string of the molecule is CCCCCCC(O)CCCCCCC1CC23CC1(C2)C1(CC24COC(=O)C1(C2)C4)C3. The van der Waals surface area contributed by atoms with E-state index < -0.39 is 0 Å². The van der Waals surface area contributed by atoms with Gasteiger partial charge in [0.15, 0.2) is 0 Å². The first kappa shape index (κ1) is 21.0. The summed E-state index contributed by atoms with van der Waals surface area (Å²) >= 11 is 0. The van der Waals surface area contributed by atoms with E-state index in [4.69, 9.17) is 4.74 Å². The van der Waals surface area contributed by atoms with Crippen LogP contribution >= 0.6 is 0 Å². The molecule has 0 aromatic rings. The maximum absolute atomic E-state index is 13.0. The van der Waals surface area contributed by atoms with E-state index in [2.05, 4.69) is 6.92 Å². The van der Waals surface area contributed by atoms with Crippen molar-refractivity contribution in [1.82, 2.24) is 0 Å². The largest absolute Gasteiger partial charge is 0.465 e. The van der Waals surface area contributed by atoms with Crippen LogP contribution in [0.4, 0.5) is 0 Å². The third-order valence-electron chi connectivity index (χ3n) is 11.5. The summed E-state index contributed by atoms with van der Waals surface area (Å²) in [5.41, 5.74) is 1.78. The van der Waals surface area contributed by atoms with Crippen LogP contribution in [0.15, 0.2) is 0 Å². The number of unbranched alkanes of at least 4 members (excludes halogenated alkanes) is 6. The molecule has 4 bridgehead atoms. The van der Waals surface area contributed by atoms with E-state index in [0.29, 0.717) is 21.7 Å². The molecule has 0 amide bonds. The Hall–Kier alpha value is -0.570. The number of esters is 1. The minimum Gasteiger partial charge on any atom is -0.465 e. The number of aliphatic hydroxyl groups excluding tert-OH is 1. The molecule has 0 aromatic heterocycles. The molecule has 1 heterocycles. The van der Waals surface area contributed by atoms with Gasteiger partial charge in [-0.2, -0.15) is 0 Å². The zero-order valence-corrected chi connectivity index (χ0v) is 19.9. The summed E-state index contributed by atoms with van der Waals surface area (Å²) in [7, 11) is 0. The molecule has 8 saturated carbocycles. The summed E-state index contributed by atoms with van der Waals surface area (Å²) in [6, 6.07) is 0. The lowest BCUT2D eigenvalue weighted by molar-refractivity contribution is -0.203. The van der Waals surface area contributed by atoms with Crippen molar-refractivity contribution >= 4 is 5.97 Å². The molecular formula is C28H44O3. The smallest absolute Gasteiger partial charge is 0.312 e. The molecule has 3 atom stereocenters. The van der Waals surface area contributed by atoms with Crippen molar-refractivity contribution in [3.8, 4) is 0 Å². The Balaban J connectivity index is 0.979. The van der Waals surface area contributed by atoms with Gasteiger partial charge in [-0.15, -0.1) is 0 Å². The average molecular weight is 429 g/mol. The molecule has 31 heavy (non-hydrogen) atoms. The molecular weight excluding hydrogens is 384 g/mol. The fraction of sp³-hybridized carbons (Fsp3) is 0.964. The van der Waals surface area contributed by atoms with Crippen molar-refractivity contribution in [2.24, 2.45) is 33.0 Å². The van der Waals surface area contributed by atoms with E-state index >= 15 is 0 Å². The normalized spacial score (nSPS) is 48.6. The topological polar surface area (TPSA) is 46.5 Å². The van der Waals surface area contributed by atoms with Gasteiger partial charge in [-0.3, -0.25) is 4.79 Å². The minimum atomic E-state index is -0.0703. The lowest BCUT2D eigenvalue weighted by Crippen LogP contribution is -2.59. The van der Waals surface area contributed by atoms with Gasteiger partial charge < -0.3 is 9.84 Å². The number of cyclic esters (lactones) is 1. The van der Waals surface area contributed by atoms with E-state index in [1.165, 1.54) is 103 Å². The van der Waals surface area contributed by atoms with Crippen LogP contribution in [-0.4, -0.2) is 23.8 Å². The maximum atomic E-state index is 13.0. The Morgan fingerprint density at radius 2 is 1.58 bits per heavy atom. The van der Waals surface area contributed by atoms with Crippen LogP contribution in [0, 0.1) is 33.0 Å². The Kier molecular flexibility index (Phi) is 4.72. The number of ether oxygens (including phenoxy) is 1. The van der Waals surface area contributed by atoms with E-state index in [-0.39, 0.29) is 17.5 Å². The number of rotatable bonds is 12.